The average Bonchev–Trinajstić information content (AvgIpc) is 3.23. The van der Waals surface area contributed by atoms with Crippen LogP contribution in [0.25, 0.3) is 5.57 Å². The number of aromatic nitrogens is 3. The number of anilines is 1. The van der Waals surface area contributed by atoms with E-state index in [1.165, 1.54) is 12.1 Å². The summed E-state index contributed by atoms with van der Waals surface area (Å²) in [4.78, 5) is 0. The molecular weight excluding hydrogens is 427 g/mol. The predicted octanol–water partition coefficient (Wildman–Crippen LogP) is 5.90. The Morgan fingerprint density at radius 1 is 1.18 bits per heavy atom. The molecule has 4 rings (SSSR count). The molecular formula is C25H24F3N5. The summed E-state index contributed by atoms with van der Waals surface area (Å²) in [7, 11) is 0. The molecule has 0 bridgehead atoms. The maximum atomic E-state index is 13.4. The molecule has 5 nitrogen and oxygen atoms in total. The summed E-state index contributed by atoms with van der Waals surface area (Å²) in [6.07, 6.45) is 0.980. The summed E-state index contributed by atoms with van der Waals surface area (Å²) in [6, 6.07) is 15.1. The number of rotatable bonds is 5. The Morgan fingerprint density at radius 3 is 2.64 bits per heavy atom. The second-order valence-electron chi connectivity index (χ2n) is 8.96. The largest absolute Gasteiger partial charge is 0.417 e. The molecule has 1 aromatic heterocycles. The summed E-state index contributed by atoms with van der Waals surface area (Å²) in [5, 5.41) is 20.8. The molecule has 1 aliphatic rings. The Labute approximate surface area is 190 Å². The highest BCUT2D eigenvalue weighted by molar-refractivity contribution is 5.65. The topological polar surface area (TPSA) is 66.5 Å². The van der Waals surface area contributed by atoms with Crippen LogP contribution in [0.4, 0.5) is 18.9 Å². The number of nitrogens with one attached hydrogen (secondary N) is 1. The molecule has 2 aromatic carbocycles. The fourth-order valence-corrected chi connectivity index (χ4v) is 4.01. The van der Waals surface area contributed by atoms with Crippen LogP contribution < -0.4 is 5.32 Å². The van der Waals surface area contributed by atoms with Gasteiger partial charge in [-0.25, -0.2) is 4.68 Å². The van der Waals surface area contributed by atoms with E-state index in [0.717, 1.165) is 35.7 Å². The molecule has 0 spiro atoms. The van der Waals surface area contributed by atoms with Gasteiger partial charge in [0, 0.05) is 5.69 Å². The number of hydrogen-bond donors (Lipinski definition) is 1. The highest BCUT2D eigenvalue weighted by atomic mass is 19.4. The molecule has 33 heavy (non-hydrogen) atoms. The normalized spacial score (nSPS) is 17.8. The number of alkyl halides is 3. The second kappa shape index (κ2) is 8.74. The van der Waals surface area contributed by atoms with Crippen LogP contribution >= 0.6 is 0 Å². The van der Waals surface area contributed by atoms with E-state index < -0.39 is 11.7 Å². The zero-order chi connectivity index (χ0) is 23.6. The molecule has 0 saturated heterocycles. The summed E-state index contributed by atoms with van der Waals surface area (Å²) < 4.78 is 41.9. The maximum Gasteiger partial charge on any atom is 0.417 e. The smallest absolute Gasteiger partial charge is 0.378 e. The van der Waals surface area contributed by atoms with Crippen molar-refractivity contribution in [1.82, 2.24) is 15.0 Å². The first-order valence-corrected chi connectivity index (χ1v) is 10.7. The van der Waals surface area contributed by atoms with Crippen LogP contribution in [0.2, 0.25) is 0 Å². The standard InChI is InChI=1S/C25H24F3N5/c1-24(2)11-10-18(22-16-33(32-31-22)15-17-6-4-3-5-7-17)12-23(24)30-20-9-8-19(14-29)21(13-20)25(26,27)28/h3-9,12-13,16,23,30H,10-11,15H2,1-2H3. The van der Waals surface area contributed by atoms with Crippen LogP contribution in [0.1, 0.15) is 49.1 Å². The molecule has 1 heterocycles. The monoisotopic (exact) mass is 451 g/mol. The first-order valence-electron chi connectivity index (χ1n) is 10.7. The molecule has 0 aliphatic heterocycles. The predicted molar refractivity (Wildman–Crippen MR) is 120 cm³/mol. The van der Waals surface area contributed by atoms with Crippen LogP contribution in [0.15, 0.2) is 60.8 Å². The number of allylic oxidation sites excluding steroid dienone is 1. The van der Waals surface area contributed by atoms with Gasteiger partial charge >= 0.3 is 6.18 Å². The van der Waals surface area contributed by atoms with Crippen molar-refractivity contribution in [1.29, 1.82) is 5.26 Å². The number of nitriles is 1. The fraction of sp³-hybridized carbons (Fsp3) is 0.320. The van der Waals surface area contributed by atoms with Gasteiger partial charge in [-0.2, -0.15) is 18.4 Å². The van der Waals surface area contributed by atoms with Crippen molar-refractivity contribution in [2.75, 3.05) is 5.32 Å². The van der Waals surface area contributed by atoms with Crippen LogP contribution in [-0.2, 0) is 12.7 Å². The lowest BCUT2D eigenvalue weighted by atomic mass is 9.74. The lowest BCUT2D eigenvalue weighted by Crippen LogP contribution is -2.37. The Bertz CT molecular complexity index is 1200. The van der Waals surface area contributed by atoms with Crippen molar-refractivity contribution < 1.29 is 13.2 Å². The third kappa shape index (κ3) is 5.08. The minimum absolute atomic E-state index is 0.185. The van der Waals surface area contributed by atoms with Crippen molar-refractivity contribution in [3.63, 3.8) is 0 Å². The number of benzene rings is 2. The van der Waals surface area contributed by atoms with Gasteiger partial charge in [0.1, 0.15) is 5.69 Å². The van der Waals surface area contributed by atoms with Gasteiger partial charge in [0.05, 0.1) is 36.0 Å². The van der Waals surface area contributed by atoms with E-state index in [4.69, 9.17) is 5.26 Å². The molecule has 170 valence electrons. The Morgan fingerprint density at radius 2 is 1.94 bits per heavy atom. The fourth-order valence-electron chi connectivity index (χ4n) is 4.01. The third-order valence-corrected chi connectivity index (χ3v) is 6.07. The highest BCUT2D eigenvalue weighted by Crippen LogP contribution is 2.40. The molecule has 1 aliphatic carbocycles. The minimum atomic E-state index is -4.59. The molecule has 0 radical (unpaired) electrons. The van der Waals surface area contributed by atoms with E-state index in [1.54, 1.807) is 10.8 Å². The van der Waals surface area contributed by atoms with Crippen molar-refractivity contribution in [2.45, 2.75) is 45.5 Å². The summed E-state index contributed by atoms with van der Waals surface area (Å²) >= 11 is 0. The van der Waals surface area contributed by atoms with E-state index in [1.807, 2.05) is 42.6 Å². The first-order chi connectivity index (χ1) is 15.7. The van der Waals surface area contributed by atoms with Crippen LogP contribution in [0.3, 0.4) is 0 Å². The van der Waals surface area contributed by atoms with E-state index in [2.05, 4.69) is 29.5 Å². The number of nitrogens with zero attached hydrogens (tertiary/aromatic N) is 4. The van der Waals surface area contributed by atoms with Crippen molar-refractivity contribution in [2.24, 2.45) is 5.41 Å². The van der Waals surface area contributed by atoms with Crippen LogP contribution in [0.5, 0.6) is 0 Å². The highest BCUT2D eigenvalue weighted by Gasteiger charge is 2.36. The van der Waals surface area contributed by atoms with Gasteiger partial charge in [-0.1, -0.05) is 55.5 Å². The van der Waals surface area contributed by atoms with E-state index in [0.29, 0.717) is 12.2 Å². The van der Waals surface area contributed by atoms with Crippen molar-refractivity contribution in [3.05, 3.63) is 83.2 Å². The second-order valence-corrected chi connectivity index (χ2v) is 8.96. The van der Waals surface area contributed by atoms with Gasteiger partial charge in [-0.3, -0.25) is 0 Å². The maximum absolute atomic E-state index is 13.4. The van der Waals surface area contributed by atoms with E-state index in [-0.39, 0.29) is 17.0 Å². The number of hydrogen-bond acceptors (Lipinski definition) is 4. The van der Waals surface area contributed by atoms with Crippen LogP contribution in [-0.4, -0.2) is 21.0 Å². The molecule has 1 N–H and O–H groups in total. The molecule has 0 amide bonds. The Balaban J connectivity index is 1.58. The Hall–Kier alpha value is -3.60. The lowest BCUT2D eigenvalue weighted by Gasteiger charge is -2.38. The van der Waals surface area contributed by atoms with Gasteiger partial charge in [0.25, 0.3) is 0 Å². The third-order valence-electron chi connectivity index (χ3n) is 6.07. The quantitative estimate of drug-likeness (QED) is 0.524. The van der Waals surface area contributed by atoms with Crippen LogP contribution in [0, 0.1) is 16.7 Å². The molecule has 0 saturated carbocycles. The van der Waals surface area contributed by atoms with Gasteiger partial charge in [-0.05, 0) is 47.6 Å². The zero-order valence-electron chi connectivity index (χ0n) is 18.4. The van der Waals surface area contributed by atoms with Crippen molar-refractivity contribution in [3.8, 4) is 6.07 Å². The SMILES string of the molecule is CC1(C)CCC(c2cn(Cc3ccccc3)nn2)=CC1Nc1ccc(C#N)c(C(F)(F)F)c1. The van der Waals surface area contributed by atoms with E-state index in [9.17, 15) is 13.2 Å². The first kappa shape index (κ1) is 22.6. The molecule has 1 atom stereocenters. The van der Waals surface area contributed by atoms with Gasteiger partial charge in [-0.15, -0.1) is 5.10 Å². The molecule has 1 unspecified atom stereocenters. The Kier molecular flexibility index (Phi) is 5.98. The van der Waals surface area contributed by atoms with Gasteiger partial charge in [0.15, 0.2) is 0 Å². The summed E-state index contributed by atoms with van der Waals surface area (Å²) in [5.41, 5.74) is 1.72. The van der Waals surface area contributed by atoms with Gasteiger partial charge in [0.2, 0.25) is 0 Å². The molecule has 3 aromatic rings. The molecule has 0 fully saturated rings. The summed E-state index contributed by atoms with van der Waals surface area (Å²) in [5.74, 6) is 0. The number of halogens is 3. The summed E-state index contributed by atoms with van der Waals surface area (Å²) in [6.45, 7) is 4.77. The zero-order valence-corrected chi connectivity index (χ0v) is 18.4. The van der Waals surface area contributed by atoms with Gasteiger partial charge < -0.3 is 5.32 Å². The average molecular weight is 451 g/mol. The molecule has 8 heteroatoms. The minimum Gasteiger partial charge on any atom is -0.378 e. The van der Waals surface area contributed by atoms with Crippen molar-refractivity contribution >= 4 is 11.3 Å². The lowest BCUT2D eigenvalue weighted by molar-refractivity contribution is -0.137. The van der Waals surface area contributed by atoms with E-state index >= 15 is 0 Å².